The maximum absolute atomic E-state index is 12.8. The standard InChI is InChI=1S/C19H16F3NO4S/c1-28(26,27)17-7-4-12(10-23-17)16-9-13(18(24)25)8-15(16)11-2-5-14(6-3-11)19(20,21)22/h2-7,10,13H,8-9H2,1H3,(H,24,25). The van der Waals surface area contributed by atoms with E-state index in [-0.39, 0.29) is 17.9 Å². The van der Waals surface area contributed by atoms with Crippen molar-refractivity contribution in [1.29, 1.82) is 0 Å². The normalized spacial score (nSPS) is 17.8. The van der Waals surface area contributed by atoms with Crippen LogP contribution < -0.4 is 0 Å². The zero-order valence-corrected chi connectivity index (χ0v) is 15.5. The highest BCUT2D eigenvalue weighted by Crippen LogP contribution is 2.43. The first kappa shape index (κ1) is 20.1. The number of rotatable bonds is 4. The molecule has 0 amide bonds. The van der Waals surface area contributed by atoms with E-state index in [4.69, 9.17) is 0 Å². The highest BCUT2D eigenvalue weighted by atomic mass is 32.2. The molecule has 0 spiro atoms. The molecule has 1 unspecified atom stereocenters. The van der Waals surface area contributed by atoms with E-state index in [2.05, 4.69) is 4.98 Å². The number of nitrogens with zero attached hydrogens (tertiary/aromatic N) is 1. The van der Waals surface area contributed by atoms with Crippen LogP contribution in [-0.4, -0.2) is 30.7 Å². The minimum atomic E-state index is -4.46. The molecule has 1 aliphatic carbocycles. The Bertz CT molecular complexity index is 1040. The molecule has 0 saturated carbocycles. The summed E-state index contributed by atoms with van der Waals surface area (Å²) in [5.74, 6) is -1.71. The van der Waals surface area contributed by atoms with Crippen LogP contribution in [0.5, 0.6) is 0 Å². The molecule has 0 radical (unpaired) electrons. The quantitative estimate of drug-likeness (QED) is 0.825. The molecule has 1 heterocycles. The van der Waals surface area contributed by atoms with Gasteiger partial charge in [0.15, 0.2) is 14.9 Å². The second-order valence-electron chi connectivity index (χ2n) is 6.63. The number of sulfone groups is 1. The number of benzene rings is 1. The van der Waals surface area contributed by atoms with Crippen molar-refractivity contribution in [3.05, 3.63) is 59.3 Å². The first-order valence-electron chi connectivity index (χ1n) is 8.26. The Morgan fingerprint density at radius 2 is 1.57 bits per heavy atom. The van der Waals surface area contributed by atoms with Crippen LogP contribution in [0.15, 0.2) is 47.6 Å². The lowest BCUT2D eigenvalue weighted by Crippen LogP contribution is -2.10. The van der Waals surface area contributed by atoms with Crippen LogP contribution in [0.1, 0.15) is 29.5 Å². The number of hydrogen-bond acceptors (Lipinski definition) is 4. The highest BCUT2D eigenvalue weighted by molar-refractivity contribution is 7.90. The average molecular weight is 411 g/mol. The molecular formula is C19H16F3NO4S. The number of carboxylic acids is 1. The van der Waals surface area contributed by atoms with Crippen molar-refractivity contribution in [2.45, 2.75) is 24.0 Å². The monoisotopic (exact) mass is 411 g/mol. The Morgan fingerprint density at radius 3 is 2.00 bits per heavy atom. The van der Waals surface area contributed by atoms with E-state index >= 15 is 0 Å². The van der Waals surface area contributed by atoms with Gasteiger partial charge in [0.2, 0.25) is 0 Å². The van der Waals surface area contributed by atoms with Gasteiger partial charge in [0.05, 0.1) is 11.5 Å². The van der Waals surface area contributed by atoms with Crippen LogP contribution in [0.2, 0.25) is 0 Å². The molecule has 1 N–H and O–H groups in total. The predicted molar refractivity (Wildman–Crippen MR) is 96.0 cm³/mol. The van der Waals surface area contributed by atoms with Crippen molar-refractivity contribution >= 4 is 27.0 Å². The Hall–Kier alpha value is -2.68. The SMILES string of the molecule is CS(=O)(=O)c1ccc(C2=C(c3ccc(C(F)(F)F)cc3)CC(C(=O)O)C2)cn1. The highest BCUT2D eigenvalue weighted by Gasteiger charge is 2.33. The third kappa shape index (κ3) is 4.09. The lowest BCUT2D eigenvalue weighted by atomic mass is 9.97. The Morgan fingerprint density at radius 1 is 1.04 bits per heavy atom. The van der Waals surface area contributed by atoms with Gasteiger partial charge < -0.3 is 5.11 Å². The van der Waals surface area contributed by atoms with Crippen molar-refractivity contribution in [2.75, 3.05) is 6.26 Å². The van der Waals surface area contributed by atoms with Crippen LogP contribution in [0.4, 0.5) is 13.2 Å². The Labute approximate surface area is 159 Å². The van der Waals surface area contributed by atoms with Gasteiger partial charge in [-0.15, -0.1) is 0 Å². The van der Waals surface area contributed by atoms with E-state index in [1.807, 2.05) is 0 Å². The molecule has 28 heavy (non-hydrogen) atoms. The molecule has 0 fully saturated rings. The van der Waals surface area contributed by atoms with Crippen LogP contribution in [0.25, 0.3) is 11.1 Å². The van der Waals surface area contributed by atoms with Gasteiger partial charge in [-0.1, -0.05) is 18.2 Å². The smallest absolute Gasteiger partial charge is 0.416 e. The third-order valence-corrected chi connectivity index (χ3v) is 5.64. The van der Waals surface area contributed by atoms with Gasteiger partial charge in [0, 0.05) is 12.5 Å². The van der Waals surface area contributed by atoms with Gasteiger partial charge in [-0.3, -0.25) is 4.79 Å². The second-order valence-corrected chi connectivity index (χ2v) is 8.60. The number of alkyl halides is 3. The summed E-state index contributed by atoms with van der Waals surface area (Å²) in [7, 11) is -3.48. The summed E-state index contributed by atoms with van der Waals surface area (Å²) in [5, 5.41) is 9.26. The van der Waals surface area contributed by atoms with Crippen LogP contribution in [0, 0.1) is 5.92 Å². The molecule has 0 aliphatic heterocycles. The molecule has 5 nitrogen and oxygen atoms in total. The summed E-state index contributed by atoms with van der Waals surface area (Å²) in [6.07, 6.45) is -1.73. The molecule has 0 bridgehead atoms. The fourth-order valence-corrected chi connectivity index (χ4v) is 3.77. The van der Waals surface area contributed by atoms with E-state index in [1.165, 1.54) is 30.5 Å². The minimum Gasteiger partial charge on any atom is -0.481 e. The number of carbonyl (C=O) groups is 1. The fraction of sp³-hybridized carbons (Fsp3) is 0.263. The topological polar surface area (TPSA) is 84.3 Å². The van der Waals surface area contributed by atoms with Crippen molar-refractivity contribution < 1.29 is 31.5 Å². The average Bonchev–Trinajstić information content (AvgIpc) is 3.06. The summed E-state index contributed by atoms with van der Waals surface area (Å²) in [6, 6.07) is 7.42. The third-order valence-electron chi connectivity index (χ3n) is 4.64. The summed E-state index contributed by atoms with van der Waals surface area (Å²) in [6.45, 7) is 0. The maximum Gasteiger partial charge on any atom is 0.416 e. The molecular weight excluding hydrogens is 395 g/mol. The van der Waals surface area contributed by atoms with Crippen molar-refractivity contribution in [3.8, 4) is 0 Å². The van der Waals surface area contributed by atoms with Gasteiger partial charge in [-0.2, -0.15) is 13.2 Å². The molecule has 1 atom stereocenters. The van der Waals surface area contributed by atoms with Gasteiger partial charge in [0.1, 0.15) is 0 Å². The summed E-state index contributed by atoms with van der Waals surface area (Å²) >= 11 is 0. The first-order valence-corrected chi connectivity index (χ1v) is 10.1. The lowest BCUT2D eigenvalue weighted by molar-refractivity contribution is -0.141. The van der Waals surface area contributed by atoms with E-state index in [0.717, 1.165) is 18.4 Å². The number of pyridine rings is 1. The molecule has 3 rings (SSSR count). The number of halogens is 3. The zero-order chi connectivity index (χ0) is 20.7. The van der Waals surface area contributed by atoms with Crippen molar-refractivity contribution in [1.82, 2.24) is 4.98 Å². The molecule has 0 saturated heterocycles. The fourth-order valence-electron chi connectivity index (χ4n) is 3.21. The van der Waals surface area contributed by atoms with Gasteiger partial charge >= 0.3 is 12.1 Å². The molecule has 2 aromatic rings. The predicted octanol–water partition coefficient (Wildman–Crippen LogP) is 3.91. The van der Waals surface area contributed by atoms with Crippen LogP contribution >= 0.6 is 0 Å². The van der Waals surface area contributed by atoms with E-state index in [1.54, 1.807) is 0 Å². The number of aliphatic carboxylic acids is 1. The molecule has 1 aromatic heterocycles. The molecule has 1 aromatic carbocycles. The van der Waals surface area contributed by atoms with Crippen LogP contribution in [0.3, 0.4) is 0 Å². The first-order chi connectivity index (χ1) is 13.0. The van der Waals surface area contributed by atoms with E-state index in [9.17, 15) is 31.5 Å². The summed E-state index contributed by atoms with van der Waals surface area (Å²) < 4.78 is 61.5. The number of aromatic nitrogens is 1. The largest absolute Gasteiger partial charge is 0.481 e. The maximum atomic E-state index is 12.8. The van der Waals surface area contributed by atoms with Crippen LogP contribution in [-0.2, 0) is 20.8 Å². The van der Waals surface area contributed by atoms with Crippen molar-refractivity contribution in [2.24, 2.45) is 5.92 Å². The van der Waals surface area contributed by atoms with Gasteiger partial charge in [-0.05, 0) is 53.3 Å². The van der Waals surface area contributed by atoms with Gasteiger partial charge in [-0.25, -0.2) is 13.4 Å². The number of hydrogen-bond donors (Lipinski definition) is 1. The summed E-state index contributed by atoms with van der Waals surface area (Å²) in [4.78, 5) is 15.4. The molecule has 148 valence electrons. The summed E-state index contributed by atoms with van der Waals surface area (Å²) in [5.41, 5.74) is 1.52. The zero-order valence-electron chi connectivity index (χ0n) is 14.7. The second kappa shape index (κ2) is 7.05. The lowest BCUT2D eigenvalue weighted by Gasteiger charge is -2.11. The number of allylic oxidation sites excluding steroid dienone is 2. The van der Waals surface area contributed by atoms with Crippen molar-refractivity contribution in [3.63, 3.8) is 0 Å². The minimum absolute atomic E-state index is 0.110. The molecule has 1 aliphatic rings. The Balaban J connectivity index is 2.04. The Kier molecular flexibility index (Phi) is 5.05. The van der Waals surface area contributed by atoms with E-state index in [0.29, 0.717) is 22.3 Å². The van der Waals surface area contributed by atoms with Gasteiger partial charge in [0.25, 0.3) is 0 Å². The van der Waals surface area contributed by atoms with E-state index < -0.39 is 33.5 Å². The number of carboxylic acid groups (broad SMARTS) is 1. The molecule has 9 heteroatoms.